The summed E-state index contributed by atoms with van der Waals surface area (Å²) >= 11 is 0. The lowest BCUT2D eigenvalue weighted by Gasteiger charge is -2.34. The fraction of sp³-hybridized carbons (Fsp3) is 0.421. The van der Waals surface area contributed by atoms with E-state index < -0.39 is 0 Å². The Labute approximate surface area is 142 Å². The molecule has 1 aromatic heterocycles. The Morgan fingerprint density at radius 3 is 2.62 bits per heavy atom. The Hall–Kier alpha value is -2.61. The van der Waals surface area contributed by atoms with Gasteiger partial charge in [-0.05, 0) is 39.0 Å². The Bertz CT molecular complexity index is 773. The Balaban J connectivity index is 1.65. The van der Waals surface area contributed by atoms with Crippen molar-refractivity contribution in [1.29, 1.82) is 5.26 Å². The average Bonchev–Trinajstić information content (AvgIpc) is 2.59. The van der Waals surface area contributed by atoms with Gasteiger partial charge < -0.3 is 9.64 Å². The van der Waals surface area contributed by atoms with Crippen LogP contribution in [0.2, 0.25) is 0 Å². The van der Waals surface area contributed by atoms with Crippen molar-refractivity contribution in [3.05, 3.63) is 46.9 Å². The fourth-order valence-electron chi connectivity index (χ4n) is 3.08. The third-order valence-corrected chi connectivity index (χ3v) is 4.48. The maximum atomic E-state index is 8.98. The van der Waals surface area contributed by atoms with Crippen molar-refractivity contribution in [2.45, 2.75) is 39.7 Å². The van der Waals surface area contributed by atoms with Crippen LogP contribution in [0.15, 0.2) is 24.3 Å². The van der Waals surface area contributed by atoms with E-state index in [1.54, 1.807) is 12.1 Å². The number of ether oxygens (including phenoxy) is 1. The first-order valence-corrected chi connectivity index (χ1v) is 8.30. The second-order valence-electron chi connectivity index (χ2n) is 6.25. The molecule has 2 heterocycles. The molecular weight excluding hydrogens is 300 g/mol. The van der Waals surface area contributed by atoms with Gasteiger partial charge in [-0.25, -0.2) is 9.97 Å². The molecule has 5 nitrogen and oxygen atoms in total. The van der Waals surface area contributed by atoms with Crippen LogP contribution in [-0.2, 0) is 0 Å². The molecule has 3 rings (SSSR count). The number of piperidine rings is 1. The van der Waals surface area contributed by atoms with Gasteiger partial charge in [0, 0.05) is 37.2 Å². The number of nitrogens with zero attached hydrogens (tertiary/aromatic N) is 4. The van der Waals surface area contributed by atoms with Crippen LogP contribution in [0.4, 0.5) is 5.82 Å². The SMILES string of the molecule is Cc1nc(C)c(C)c(N2CCC(Oc3cccc(C#N)c3)CC2)n1. The number of hydrogen-bond acceptors (Lipinski definition) is 5. The number of benzene rings is 1. The van der Waals surface area contributed by atoms with Gasteiger partial charge in [0.05, 0.1) is 11.6 Å². The van der Waals surface area contributed by atoms with Crippen LogP contribution in [0.5, 0.6) is 5.75 Å². The predicted molar refractivity (Wildman–Crippen MR) is 93.3 cm³/mol. The summed E-state index contributed by atoms with van der Waals surface area (Å²) in [7, 11) is 0. The summed E-state index contributed by atoms with van der Waals surface area (Å²) in [6.07, 6.45) is 2.07. The molecule has 0 amide bonds. The molecule has 24 heavy (non-hydrogen) atoms. The monoisotopic (exact) mass is 322 g/mol. The highest BCUT2D eigenvalue weighted by atomic mass is 16.5. The summed E-state index contributed by atoms with van der Waals surface area (Å²) in [5.41, 5.74) is 2.83. The summed E-state index contributed by atoms with van der Waals surface area (Å²) in [6.45, 7) is 7.89. The maximum Gasteiger partial charge on any atom is 0.135 e. The molecule has 0 spiro atoms. The van der Waals surface area contributed by atoms with E-state index in [2.05, 4.69) is 27.9 Å². The lowest BCUT2D eigenvalue weighted by atomic mass is 10.1. The number of nitriles is 1. The molecule has 1 fully saturated rings. The van der Waals surface area contributed by atoms with E-state index in [-0.39, 0.29) is 6.10 Å². The topological polar surface area (TPSA) is 62.0 Å². The van der Waals surface area contributed by atoms with Crippen molar-refractivity contribution in [1.82, 2.24) is 9.97 Å². The summed E-state index contributed by atoms with van der Waals surface area (Å²) < 4.78 is 6.05. The summed E-state index contributed by atoms with van der Waals surface area (Å²) in [5.74, 6) is 2.64. The Morgan fingerprint density at radius 2 is 1.92 bits per heavy atom. The van der Waals surface area contributed by atoms with Crippen LogP contribution >= 0.6 is 0 Å². The van der Waals surface area contributed by atoms with Gasteiger partial charge in [0.25, 0.3) is 0 Å². The number of aromatic nitrogens is 2. The van der Waals surface area contributed by atoms with Crippen LogP contribution in [-0.4, -0.2) is 29.2 Å². The predicted octanol–water partition coefficient (Wildman–Crippen LogP) is 3.32. The second kappa shape index (κ2) is 6.88. The van der Waals surface area contributed by atoms with Crippen molar-refractivity contribution in [3.63, 3.8) is 0 Å². The van der Waals surface area contributed by atoms with Crippen LogP contribution in [0.3, 0.4) is 0 Å². The van der Waals surface area contributed by atoms with E-state index in [0.717, 1.165) is 54.6 Å². The van der Waals surface area contributed by atoms with Gasteiger partial charge in [-0.3, -0.25) is 0 Å². The largest absolute Gasteiger partial charge is 0.490 e. The zero-order chi connectivity index (χ0) is 17.1. The molecule has 1 aliphatic heterocycles. The first-order valence-electron chi connectivity index (χ1n) is 8.30. The molecule has 1 aromatic carbocycles. The van der Waals surface area contributed by atoms with Gasteiger partial charge in [-0.1, -0.05) is 6.07 Å². The van der Waals surface area contributed by atoms with Crippen molar-refractivity contribution in [2.24, 2.45) is 0 Å². The van der Waals surface area contributed by atoms with Gasteiger partial charge in [0.15, 0.2) is 0 Å². The molecule has 0 atom stereocenters. The summed E-state index contributed by atoms with van der Waals surface area (Å²) in [6, 6.07) is 9.51. The molecule has 5 heteroatoms. The quantitative estimate of drug-likeness (QED) is 0.867. The third-order valence-electron chi connectivity index (χ3n) is 4.48. The fourth-order valence-corrected chi connectivity index (χ4v) is 3.08. The highest BCUT2D eigenvalue weighted by Crippen LogP contribution is 2.25. The highest BCUT2D eigenvalue weighted by molar-refractivity contribution is 5.48. The average molecular weight is 322 g/mol. The molecule has 0 aliphatic carbocycles. The van der Waals surface area contributed by atoms with Crippen molar-refractivity contribution in [3.8, 4) is 11.8 Å². The first kappa shape index (κ1) is 16.3. The van der Waals surface area contributed by atoms with E-state index in [1.807, 2.05) is 26.0 Å². The molecular formula is C19H22N4O. The van der Waals surface area contributed by atoms with Crippen molar-refractivity contribution in [2.75, 3.05) is 18.0 Å². The van der Waals surface area contributed by atoms with Gasteiger partial charge in [-0.2, -0.15) is 5.26 Å². The van der Waals surface area contributed by atoms with Crippen LogP contribution < -0.4 is 9.64 Å². The molecule has 0 N–H and O–H groups in total. The Morgan fingerprint density at radius 1 is 1.17 bits per heavy atom. The molecule has 0 radical (unpaired) electrons. The minimum absolute atomic E-state index is 0.180. The van der Waals surface area contributed by atoms with Crippen molar-refractivity contribution < 1.29 is 4.74 Å². The first-order chi connectivity index (χ1) is 11.6. The van der Waals surface area contributed by atoms with E-state index in [1.165, 1.54) is 0 Å². The van der Waals surface area contributed by atoms with Crippen LogP contribution in [0, 0.1) is 32.1 Å². The number of hydrogen-bond donors (Lipinski definition) is 0. The van der Waals surface area contributed by atoms with E-state index in [0.29, 0.717) is 5.56 Å². The number of aryl methyl sites for hydroxylation is 2. The molecule has 1 aliphatic rings. The standard InChI is InChI=1S/C19H22N4O/c1-13-14(2)21-15(3)22-19(13)23-9-7-17(8-10-23)24-18-6-4-5-16(11-18)12-20/h4-6,11,17H,7-10H2,1-3H3. The Kier molecular flexibility index (Phi) is 4.66. The van der Waals surface area contributed by atoms with Crippen LogP contribution in [0.25, 0.3) is 0 Å². The van der Waals surface area contributed by atoms with E-state index in [4.69, 9.17) is 10.00 Å². The van der Waals surface area contributed by atoms with Gasteiger partial charge in [0.2, 0.25) is 0 Å². The zero-order valence-electron chi connectivity index (χ0n) is 14.4. The molecule has 0 saturated carbocycles. The minimum Gasteiger partial charge on any atom is -0.490 e. The summed E-state index contributed by atoms with van der Waals surface area (Å²) in [5, 5.41) is 8.98. The highest BCUT2D eigenvalue weighted by Gasteiger charge is 2.23. The number of anilines is 1. The molecule has 0 bridgehead atoms. The third kappa shape index (κ3) is 3.48. The van der Waals surface area contributed by atoms with Crippen LogP contribution in [0.1, 0.15) is 35.5 Å². The zero-order valence-corrected chi connectivity index (χ0v) is 14.4. The minimum atomic E-state index is 0.180. The van der Waals surface area contributed by atoms with Gasteiger partial charge >= 0.3 is 0 Å². The lowest BCUT2D eigenvalue weighted by Crippen LogP contribution is -2.39. The summed E-state index contributed by atoms with van der Waals surface area (Å²) in [4.78, 5) is 11.4. The molecule has 124 valence electrons. The second-order valence-corrected chi connectivity index (χ2v) is 6.25. The molecule has 1 saturated heterocycles. The van der Waals surface area contributed by atoms with Crippen molar-refractivity contribution >= 4 is 5.82 Å². The maximum absolute atomic E-state index is 8.98. The molecule has 0 unspecified atom stereocenters. The normalized spacial score (nSPS) is 15.2. The number of rotatable bonds is 3. The molecule has 2 aromatic rings. The van der Waals surface area contributed by atoms with Gasteiger partial charge in [0.1, 0.15) is 23.5 Å². The van der Waals surface area contributed by atoms with E-state index in [9.17, 15) is 0 Å². The van der Waals surface area contributed by atoms with E-state index >= 15 is 0 Å². The lowest BCUT2D eigenvalue weighted by molar-refractivity contribution is 0.170. The smallest absolute Gasteiger partial charge is 0.135 e. The van der Waals surface area contributed by atoms with Gasteiger partial charge in [-0.15, -0.1) is 0 Å².